The van der Waals surface area contributed by atoms with Gasteiger partial charge in [-0.1, -0.05) is 42.5 Å². The fourth-order valence-corrected chi connectivity index (χ4v) is 3.36. The number of nitrogens with two attached hydrogens (primary N) is 1. The van der Waals surface area contributed by atoms with Crippen LogP contribution in [-0.4, -0.2) is 20.7 Å². The molecule has 0 amide bonds. The average molecular weight is 400 g/mol. The van der Waals surface area contributed by atoms with Crippen LogP contribution < -0.4 is 5.73 Å². The van der Waals surface area contributed by atoms with Crippen molar-refractivity contribution in [2.45, 2.75) is 13.0 Å². The molecule has 0 bridgehead atoms. The van der Waals surface area contributed by atoms with Crippen molar-refractivity contribution in [1.29, 1.82) is 0 Å². The van der Waals surface area contributed by atoms with Gasteiger partial charge in [0.2, 0.25) is 0 Å². The maximum atomic E-state index is 11.3. The first kappa shape index (κ1) is 19.4. The second-order valence-corrected chi connectivity index (χ2v) is 7.04. The number of nitro benzene ring substituents is 1. The van der Waals surface area contributed by atoms with Crippen molar-refractivity contribution in [2.24, 2.45) is 10.7 Å². The van der Waals surface area contributed by atoms with Crippen molar-refractivity contribution < 1.29 is 10.0 Å². The zero-order valence-electron chi connectivity index (χ0n) is 16.2. The fourth-order valence-electron chi connectivity index (χ4n) is 3.36. The number of rotatable bonds is 5. The minimum atomic E-state index is -0.459. The van der Waals surface area contributed by atoms with Crippen molar-refractivity contribution in [3.63, 3.8) is 0 Å². The van der Waals surface area contributed by atoms with E-state index >= 15 is 0 Å². The van der Waals surface area contributed by atoms with Gasteiger partial charge in [0.1, 0.15) is 0 Å². The molecule has 1 aromatic heterocycles. The summed E-state index contributed by atoms with van der Waals surface area (Å²) in [6, 6.07) is 21.3. The van der Waals surface area contributed by atoms with Crippen LogP contribution in [0.15, 0.2) is 77.8 Å². The SMILES string of the molecule is C[C@H](N)c1ccc(N=C(c2ccccc2)c2c(O)[nH]c3ccc([N+](=O)[O-])cc23)cc1. The number of hydrogen-bond donors (Lipinski definition) is 3. The molecular formula is C23H20N4O3. The number of aromatic nitrogens is 1. The van der Waals surface area contributed by atoms with Gasteiger partial charge in [-0.25, -0.2) is 4.99 Å². The largest absolute Gasteiger partial charge is 0.494 e. The topological polar surface area (TPSA) is 118 Å². The molecule has 0 radical (unpaired) electrons. The van der Waals surface area contributed by atoms with Gasteiger partial charge in [0.05, 0.1) is 21.9 Å². The molecule has 0 saturated heterocycles. The standard InChI is InChI=1S/C23H20N4O3/c1-14(24)15-7-9-17(10-8-15)25-22(16-5-3-2-4-6-16)21-19-13-18(27(29)30)11-12-20(19)26-23(21)28/h2-14,26,28H,24H2,1H3/t14-/m0/s1. The first-order chi connectivity index (χ1) is 14.4. The van der Waals surface area contributed by atoms with E-state index in [1.807, 2.05) is 61.5 Å². The Balaban J connectivity index is 1.94. The monoisotopic (exact) mass is 400 g/mol. The van der Waals surface area contributed by atoms with Gasteiger partial charge < -0.3 is 15.8 Å². The Morgan fingerprint density at radius 2 is 1.80 bits per heavy atom. The molecule has 4 aromatic rings. The van der Waals surface area contributed by atoms with E-state index in [0.29, 0.717) is 27.9 Å². The first-order valence-corrected chi connectivity index (χ1v) is 9.43. The number of hydrogen-bond acceptors (Lipinski definition) is 5. The summed E-state index contributed by atoms with van der Waals surface area (Å²) in [5.41, 5.74) is 9.81. The van der Waals surface area contributed by atoms with Crippen molar-refractivity contribution >= 4 is 28.0 Å². The minimum absolute atomic E-state index is 0.0588. The summed E-state index contributed by atoms with van der Waals surface area (Å²) in [4.78, 5) is 18.5. The summed E-state index contributed by atoms with van der Waals surface area (Å²) >= 11 is 0. The van der Waals surface area contributed by atoms with Crippen LogP contribution in [0.1, 0.15) is 29.7 Å². The Bertz CT molecular complexity index is 1240. The highest BCUT2D eigenvalue weighted by Crippen LogP contribution is 2.33. The van der Waals surface area contributed by atoms with E-state index in [2.05, 4.69) is 4.98 Å². The molecule has 0 fully saturated rings. The second-order valence-electron chi connectivity index (χ2n) is 7.04. The highest BCUT2D eigenvalue weighted by atomic mass is 16.6. The summed E-state index contributed by atoms with van der Waals surface area (Å²) in [5.74, 6) is -0.0969. The average Bonchev–Trinajstić information content (AvgIpc) is 3.07. The van der Waals surface area contributed by atoms with E-state index in [0.717, 1.165) is 11.1 Å². The summed E-state index contributed by atoms with van der Waals surface area (Å²) in [7, 11) is 0. The van der Waals surface area contributed by atoms with Gasteiger partial charge in [0.25, 0.3) is 5.69 Å². The molecule has 1 heterocycles. The lowest BCUT2D eigenvalue weighted by atomic mass is 10.0. The van der Waals surface area contributed by atoms with Crippen LogP contribution in [0.4, 0.5) is 11.4 Å². The summed E-state index contributed by atoms with van der Waals surface area (Å²) in [6.45, 7) is 1.91. The lowest BCUT2D eigenvalue weighted by Crippen LogP contribution is -2.04. The third kappa shape index (κ3) is 3.66. The maximum absolute atomic E-state index is 11.3. The number of aliphatic imine (C=N–C) groups is 1. The van der Waals surface area contributed by atoms with Crippen LogP contribution in [0.2, 0.25) is 0 Å². The Morgan fingerprint density at radius 1 is 1.10 bits per heavy atom. The number of aromatic hydroxyl groups is 1. The molecule has 1 atom stereocenters. The lowest BCUT2D eigenvalue weighted by Gasteiger charge is -2.09. The molecule has 7 nitrogen and oxygen atoms in total. The summed E-state index contributed by atoms with van der Waals surface area (Å²) in [6.07, 6.45) is 0. The first-order valence-electron chi connectivity index (χ1n) is 9.43. The molecule has 0 spiro atoms. The van der Waals surface area contributed by atoms with Gasteiger partial charge >= 0.3 is 0 Å². The highest BCUT2D eigenvalue weighted by Gasteiger charge is 2.20. The highest BCUT2D eigenvalue weighted by molar-refractivity contribution is 6.22. The van der Waals surface area contributed by atoms with Crippen LogP contribution in [0.3, 0.4) is 0 Å². The molecule has 0 aliphatic rings. The number of benzene rings is 3. The Hall–Kier alpha value is -3.97. The Morgan fingerprint density at radius 3 is 2.43 bits per heavy atom. The molecular weight excluding hydrogens is 380 g/mol. The molecule has 0 aliphatic carbocycles. The summed E-state index contributed by atoms with van der Waals surface area (Å²) < 4.78 is 0. The zero-order chi connectivity index (χ0) is 21.3. The van der Waals surface area contributed by atoms with E-state index in [-0.39, 0.29) is 17.6 Å². The Kier molecular flexibility index (Phi) is 5.04. The quantitative estimate of drug-likeness (QED) is 0.249. The minimum Gasteiger partial charge on any atom is -0.494 e. The van der Waals surface area contributed by atoms with Crippen molar-refractivity contribution in [3.05, 3.63) is 99.6 Å². The molecule has 150 valence electrons. The molecule has 4 N–H and O–H groups in total. The normalized spacial score (nSPS) is 12.8. The van der Waals surface area contributed by atoms with Crippen LogP contribution >= 0.6 is 0 Å². The molecule has 0 aliphatic heterocycles. The predicted octanol–water partition coefficient (Wildman–Crippen LogP) is 4.97. The fraction of sp³-hybridized carbons (Fsp3) is 0.0870. The number of nitro groups is 1. The van der Waals surface area contributed by atoms with E-state index in [1.165, 1.54) is 12.1 Å². The molecule has 7 heteroatoms. The number of fused-ring (bicyclic) bond motifs is 1. The smallest absolute Gasteiger partial charge is 0.270 e. The molecule has 0 unspecified atom stereocenters. The number of nitrogens with one attached hydrogen (secondary N) is 1. The van der Waals surface area contributed by atoms with E-state index in [9.17, 15) is 15.2 Å². The van der Waals surface area contributed by atoms with Crippen molar-refractivity contribution in [1.82, 2.24) is 4.98 Å². The van der Waals surface area contributed by atoms with Gasteiger partial charge in [0.15, 0.2) is 5.88 Å². The summed E-state index contributed by atoms with van der Waals surface area (Å²) in [5, 5.41) is 22.5. The van der Waals surface area contributed by atoms with Crippen molar-refractivity contribution in [2.75, 3.05) is 0 Å². The molecule has 0 saturated carbocycles. The van der Waals surface area contributed by atoms with Crippen LogP contribution in [0.25, 0.3) is 10.9 Å². The number of aromatic amines is 1. The van der Waals surface area contributed by atoms with E-state index < -0.39 is 4.92 Å². The second kappa shape index (κ2) is 7.81. The number of nitrogens with zero attached hydrogens (tertiary/aromatic N) is 2. The van der Waals surface area contributed by atoms with E-state index in [4.69, 9.17) is 10.7 Å². The van der Waals surface area contributed by atoms with Crippen LogP contribution in [-0.2, 0) is 0 Å². The third-order valence-electron chi connectivity index (χ3n) is 4.92. The van der Waals surface area contributed by atoms with Crippen molar-refractivity contribution in [3.8, 4) is 5.88 Å². The third-order valence-corrected chi connectivity index (χ3v) is 4.92. The lowest BCUT2D eigenvalue weighted by molar-refractivity contribution is -0.384. The number of H-pyrrole nitrogens is 1. The molecule has 30 heavy (non-hydrogen) atoms. The van der Waals surface area contributed by atoms with Gasteiger partial charge in [0, 0.05) is 34.6 Å². The molecule has 3 aromatic carbocycles. The predicted molar refractivity (Wildman–Crippen MR) is 117 cm³/mol. The van der Waals surface area contributed by atoms with Crippen LogP contribution in [0, 0.1) is 10.1 Å². The van der Waals surface area contributed by atoms with Crippen LogP contribution in [0.5, 0.6) is 5.88 Å². The van der Waals surface area contributed by atoms with Gasteiger partial charge in [-0.05, 0) is 30.7 Å². The number of non-ortho nitro benzene ring substituents is 1. The zero-order valence-corrected chi connectivity index (χ0v) is 16.2. The van der Waals surface area contributed by atoms with Gasteiger partial charge in [-0.2, -0.15) is 0 Å². The van der Waals surface area contributed by atoms with Gasteiger partial charge in [-0.15, -0.1) is 0 Å². The van der Waals surface area contributed by atoms with Gasteiger partial charge in [-0.3, -0.25) is 10.1 Å². The Labute approximate surface area is 172 Å². The molecule has 4 rings (SSSR count). The maximum Gasteiger partial charge on any atom is 0.270 e. The van der Waals surface area contributed by atoms with E-state index in [1.54, 1.807) is 6.07 Å².